The molecule has 0 fully saturated rings. The minimum atomic E-state index is -0.600. The summed E-state index contributed by atoms with van der Waals surface area (Å²) in [6.07, 6.45) is 2.11. The molecule has 182 valence electrons. The van der Waals surface area contributed by atoms with Gasteiger partial charge in [-0.1, -0.05) is 53.6 Å². The average Bonchev–Trinajstić information content (AvgIpc) is 3.30. The minimum Gasteiger partial charge on any atom is -0.490 e. The predicted octanol–water partition coefficient (Wildman–Crippen LogP) is 5.81. The quantitative estimate of drug-likeness (QED) is 0.188. The number of rotatable bonds is 11. The summed E-state index contributed by atoms with van der Waals surface area (Å²) in [6.45, 7) is 4.54. The first-order chi connectivity index (χ1) is 16.9. The summed E-state index contributed by atoms with van der Waals surface area (Å²) in [6, 6.07) is 12.3. The number of nitrogens with zero attached hydrogens (tertiary/aromatic N) is 3. The highest BCUT2D eigenvalue weighted by Gasteiger charge is 2.16. The van der Waals surface area contributed by atoms with Gasteiger partial charge in [-0.25, -0.2) is 0 Å². The number of hydrogen-bond acceptors (Lipinski definition) is 8. The van der Waals surface area contributed by atoms with Crippen LogP contribution in [-0.4, -0.2) is 35.9 Å². The third-order valence-corrected chi connectivity index (χ3v) is 6.00. The Morgan fingerprint density at radius 1 is 1.09 bits per heavy atom. The van der Waals surface area contributed by atoms with Gasteiger partial charge in [0.25, 0.3) is 5.91 Å². The van der Waals surface area contributed by atoms with Crippen molar-refractivity contribution < 1.29 is 19.0 Å². The van der Waals surface area contributed by atoms with Gasteiger partial charge in [-0.3, -0.25) is 10.1 Å². The summed E-state index contributed by atoms with van der Waals surface area (Å²) in [4.78, 5) is 12.5. The van der Waals surface area contributed by atoms with Crippen LogP contribution in [0.5, 0.6) is 17.2 Å². The van der Waals surface area contributed by atoms with Crippen LogP contribution in [-0.2, 0) is 11.2 Å². The lowest BCUT2D eigenvalue weighted by Gasteiger charge is -2.15. The Morgan fingerprint density at radius 3 is 2.54 bits per heavy atom. The molecule has 0 bridgehead atoms. The number of aryl methyl sites for hydroxylation is 1. The lowest BCUT2D eigenvalue weighted by Crippen LogP contribution is -2.13. The zero-order valence-corrected chi connectivity index (χ0v) is 21.3. The summed E-state index contributed by atoms with van der Waals surface area (Å²) in [7, 11) is 0. The number of ether oxygens (including phenoxy) is 3. The molecule has 35 heavy (non-hydrogen) atoms. The molecule has 0 unspecified atom stereocenters. The molecule has 0 spiro atoms. The van der Waals surface area contributed by atoms with Gasteiger partial charge in [-0.2, -0.15) is 5.26 Å². The van der Waals surface area contributed by atoms with Crippen molar-refractivity contribution >= 4 is 51.7 Å². The number of nitriles is 1. The number of anilines is 1. The first-order valence-electron chi connectivity index (χ1n) is 10.7. The number of hydrogen-bond donors (Lipinski definition) is 1. The van der Waals surface area contributed by atoms with Crippen LogP contribution in [0.3, 0.4) is 0 Å². The topological polar surface area (TPSA) is 106 Å². The molecular formula is C24H22Cl2N4O4S. The molecule has 1 heterocycles. The van der Waals surface area contributed by atoms with E-state index in [-0.39, 0.29) is 23.8 Å². The molecule has 0 aliphatic heterocycles. The minimum absolute atomic E-state index is 0.126. The van der Waals surface area contributed by atoms with E-state index in [1.807, 2.05) is 32.0 Å². The molecule has 11 heteroatoms. The average molecular weight is 533 g/mol. The van der Waals surface area contributed by atoms with Gasteiger partial charge in [-0.15, -0.1) is 10.2 Å². The maximum Gasteiger partial charge on any atom is 0.268 e. The molecule has 1 aromatic heterocycles. The van der Waals surface area contributed by atoms with Crippen LogP contribution in [0.2, 0.25) is 10.0 Å². The third-order valence-electron chi connectivity index (χ3n) is 4.42. The smallest absolute Gasteiger partial charge is 0.268 e. The second-order valence-electron chi connectivity index (χ2n) is 6.87. The van der Waals surface area contributed by atoms with E-state index in [1.54, 1.807) is 24.3 Å². The second kappa shape index (κ2) is 13.0. The number of carbonyl (C=O) groups excluding carboxylic acids is 1. The SMILES string of the molecule is CCOc1cc(C=C(C#N)C(=O)Nc2nnc(CC)s2)cc(Cl)c1OCCOc1ccccc1Cl. The molecule has 0 aliphatic carbocycles. The highest BCUT2D eigenvalue weighted by atomic mass is 35.5. The van der Waals surface area contributed by atoms with Crippen LogP contribution in [0.4, 0.5) is 5.13 Å². The molecule has 0 saturated heterocycles. The molecule has 1 N–H and O–H groups in total. The Hall–Kier alpha value is -3.32. The van der Waals surface area contributed by atoms with Crippen LogP contribution in [0.15, 0.2) is 42.0 Å². The number of para-hydroxylation sites is 1. The Morgan fingerprint density at radius 2 is 1.86 bits per heavy atom. The number of benzene rings is 2. The van der Waals surface area contributed by atoms with Crippen molar-refractivity contribution in [1.29, 1.82) is 5.26 Å². The molecule has 2 aromatic carbocycles. The van der Waals surface area contributed by atoms with Gasteiger partial charge >= 0.3 is 0 Å². The van der Waals surface area contributed by atoms with Crippen molar-refractivity contribution in [2.24, 2.45) is 0 Å². The van der Waals surface area contributed by atoms with Crippen molar-refractivity contribution in [3.05, 3.63) is 62.6 Å². The maximum atomic E-state index is 12.5. The highest BCUT2D eigenvalue weighted by molar-refractivity contribution is 7.15. The van der Waals surface area contributed by atoms with Crippen LogP contribution in [0, 0.1) is 11.3 Å². The van der Waals surface area contributed by atoms with E-state index in [2.05, 4.69) is 15.5 Å². The number of nitrogens with one attached hydrogen (secondary N) is 1. The van der Waals surface area contributed by atoms with Gasteiger partial charge in [0.2, 0.25) is 5.13 Å². The van der Waals surface area contributed by atoms with Crippen molar-refractivity contribution in [2.45, 2.75) is 20.3 Å². The molecule has 0 atom stereocenters. The van der Waals surface area contributed by atoms with Gasteiger partial charge < -0.3 is 14.2 Å². The summed E-state index contributed by atoms with van der Waals surface area (Å²) in [5, 5.41) is 21.8. The van der Waals surface area contributed by atoms with E-state index in [0.717, 1.165) is 5.01 Å². The first kappa shape index (κ1) is 26.3. The van der Waals surface area contributed by atoms with Gasteiger partial charge in [0.1, 0.15) is 35.6 Å². The maximum absolute atomic E-state index is 12.5. The zero-order chi connectivity index (χ0) is 25.2. The van der Waals surface area contributed by atoms with Crippen molar-refractivity contribution in [3.8, 4) is 23.3 Å². The number of aromatic nitrogens is 2. The van der Waals surface area contributed by atoms with E-state index in [0.29, 0.717) is 46.0 Å². The van der Waals surface area contributed by atoms with E-state index >= 15 is 0 Å². The van der Waals surface area contributed by atoms with E-state index in [1.165, 1.54) is 17.4 Å². The fourth-order valence-corrected chi connectivity index (χ4v) is 4.00. The zero-order valence-electron chi connectivity index (χ0n) is 19.0. The van der Waals surface area contributed by atoms with Crippen LogP contribution in [0.1, 0.15) is 24.4 Å². The van der Waals surface area contributed by atoms with Crippen LogP contribution in [0.25, 0.3) is 6.08 Å². The number of carbonyl (C=O) groups is 1. The Kier molecular flexibility index (Phi) is 9.73. The van der Waals surface area contributed by atoms with Crippen molar-refractivity contribution in [3.63, 3.8) is 0 Å². The molecule has 8 nitrogen and oxygen atoms in total. The third kappa shape index (κ3) is 7.33. The highest BCUT2D eigenvalue weighted by Crippen LogP contribution is 2.37. The molecule has 0 saturated carbocycles. The normalized spacial score (nSPS) is 11.0. The standard InChI is InChI=1S/C24H22Cl2N4O4S/c1-3-21-29-30-24(35-21)28-23(31)16(14-27)11-15-12-18(26)22(20(13-15)32-4-2)34-10-9-33-19-8-6-5-7-17(19)25/h5-8,11-13H,3-4,9-10H2,1-2H3,(H,28,30,31). The molecule has 0 aliphatic rings. The van der Waals surface area contributed by atoms with Crippen molar-refractivity contribution in [1.82, 2.24) is 10.2 Å². The molecule has 3 aromatic rings. The van der Waals surface area contributed by atoms with Gasteiger partial charge in [0.15, 0.2) is 11.5 Å². The van der Waals surface area contributed by atoms with Crippen LogP contribution < -0.4 is 19.5 Å². The second-order valence-corrected chi connectivity index (χ2v) is 8.75. The van der Waals surface area contributed by atoms with Gasteiger partial charge in [0.05, 0.1) is 16.7 Å². The predicted molar refractivity (Wildman–Crippen MR) is 137 cm³/mol. The van der Waals surface area contributed by atoms with Gasteiger partial charge in [-0.05, 0) is 49.2 Å². The fraction of sp³-hybridized carbons (Fsp3) is 0.250. The van der Waals surface area contributed by atoms with Gasteiger partial charge in [0, 0.05) is 0 Å². The van der Waals surface area contributed by atoms with E-state index in [9.17, 15) is 10.1 Å². The Bertz CT molecular complexity index is 1260. The fourth-order valence-electron chi connectivity index (χ4n) is 2.86. The number of amides is 1. The molecule has 3 rings (SSSR count). The lowest BCUT2D eigenvalue weighted by atomic mass is 10.1. The number of halogens is 2. The van der Waals surface area contributed by atoms with E-state index in [4.69, 9.17) is 37.4 Å². The Balaban J connectivity index is 1.72. The largest absolute Gasteiger partial charge is 0.490 e. The summed E-state index contributed by atoms with van der Waals surface area (Å²) in [5.41, 5.74) is 0.370. The summed E-state index contributed by atoms with van der Waals surface area (Å²) >= 11 is 13.8. The summed E-state index contributed by atoms with van der Waals surface area (Å²) in [5.74, 6) is 0.657. The lowest BCUT2D eigenvalue weighted by molar-refractivity contribution is -0.112. The van der Waals surface area contributed by atoms with E-state index < -0.39 is 5.91 Å². The molecule has 0 radical (unpaired) electrons. The Labute approximate surface area is 217 Å². The molecule has 1 amide bonds. The van der Waals surface area contributed by atoms with Crippen molar-refractivity contribution in [2.75, 3.05) is 25.1 Å². The molecular weight excluding hydrogens is 511 g/mol. The first-order valence-corrected chi connectivity index (χ1v) is 12.2. The monoisotopic (exact) mass is 532 g/mol. The summed E-state index contributed by atoms with van der Waals surface area (Å²) < 4.78 is 17.1. The van der Waals surface area contributed by atoms with Crippen LogP contribution >= 0.6 is 34.5 Å².